The average molecular weight is 298 g/mol. The fraction of sp³-hybridized carbons (Fsp3) is 0.125. The van der Waals surface area contributed by atoms with Crippen LogP contribution in [0.4, 0.5) is 11.4 Å². The minimum atomic E-state index is -0.296. The summed E-state index contributed by atoms with van der Waals surface area (Å²) in [4.78, 5) is 15.8. The zero-order valence-corrected chi connectivity index (χ0v) is 12.3. The number of thiazole rings is 1. The minimum Gasteiger partial charge on any atom is -0.462 e. The Morgan fingerprint density at radius 2 is 1.95 bits per heavy atom. The van der Waals surface area contributed by atoms with E-state index in [1.807, 2.05) is 29.8 Å². The molecule has 1 heterocycles. The number of anilines is 2. The van der Waals surface area contributed by atoms with E-state index < -0.39 is 0 Å². The van der Waals surface area contributed by atoms with Crippen LogP contribution in [0, 0.1) is 0 Å². The third-order valence-corrected chi connectivity index (χ3v) is 3.81. The molecule has 0 aliphatic rings. The van der Waals surface area contributed by atoms with Crippen molar-refractivity contribution in [2.75, 3.05) is 11.9 Å². The van der Waals surface area contributed by atoms with Gasteiger partial charge in [-0.1, -0.05) is 0 Å². The van der Waals surface area contributed by atoms with Gasteiger partial charge in [-0.25, -0.2) is 9.78 Å². The lowest BCUT2D eigenvalue weighted by Gasteiger charge is -2.07. The van der Waals surface area contributed by atoms with E-state index in [-0.39, 0.29) is 5.97 Å². The van der Waals surface area contributed by atoms with Gasteiger partial charge in [0.25, 0.3) is 0 Å². The number of carbonyl (C=O) groups is 1. The van der Waals surface area contributed by atoms with E-state index in [2.05, 4.69) is 16.4 Å². The maximum Gasteiger partial charge on any atom is 0.338 e. The quantitative estimate of drug-likeness (QED) is 0.733. The molecule has 21 heavy (non-hydrogen) atoms. The summed E-state index contributed by atoms with van der Waals surface area (Å²) in [6, 6.07) is 13.3. The Balaban J connectivity index is 1.76. The summed E-state index contributed by atoms with van der Waals surface area (Å²) < 4.78 is 6.10. The maximum absolute atomic E-state index is 11.6. The lowest BCUT2D eigenvalue weighted by Crippen LogP contribution is -2.04. The first-order chi connectivity index (χ1) is 10.3. The fourth-order valence-corrected chi connectivity index (χ4v) is 2.72. The van der Waals surface area contributed by atoms with Gasteiger partial charge in [-0.3, -0.25) is 0 Å². The lowest BCUT2D eigenvalue weighted by atomic mass is 10.2. The number of rotatable bonds is 4. The Kier molecular flexibility index (Phi) is 3.83. The molecule has 0 aliphatic carbocycles. The number of carbonyl (C=O) groups excluding carboxylic acids is 1. The van der Waals surface area contributed by atoms with E-state index in [9.17, 15) is 4.79 Å². The maximum atomic E-state index is 11.6. The summed E-state index contributed by atoms with van der Waals surface area (Å²) in [6.45, 7) is 2.18. The fourth-order valence-electron chi connectivity index (χ4n) is 2.00. The summed E-state index contributed by atoms with van der Waals surface area (Å²) in [5, 5.41) is 3.31. The Morgan fingerprint density at radius 1 is 1.19 bits per heavy atom. The van der Waals surface area contributed by atoms with E-state index in [0.29, 0.717) is 12.2 Å². The van der Waals surface area contributed by atoms with Crippen LogP contribution in [0.2, 0.25) is 0 Å². The monoisotopic (exact) mass is 298 g/mol. The molecule has 0 unspecified atom stereocenters. The van der Waals surface area contributed by atoms with Crippen molar-refractivity contribution in [3.05, 3.63) is 53.5 Å². The summed E-state index contributed by atoms with van der Waals surface area (Å²) in [5.41, 5.74) is 5.31. The van der Waals surface area contributed by atoms with Crippen LogP contribution in [0.25, 0.3) is 10.2 Å². The van der Waals surface area contributed by atoms with Gasteiger partial charge in [0.15, 0.2) is 0 Å². The number of esters is 1. The molecule has 0 fully saturated rings. The second-order valence-corrected chi connectivity index (χ2v) is 5.34. The molecular weight excluding hydrogens is 284 g/mol. The summed E-state index contributed by atoms with van der Waals surface area (Å²) in [6.07, 6.45) is 0. The molecule has 0 atom stereocenters. The summed E-state index contributed by atoms with van der Waals surface area (Å²) >= 11 is 1.61. The van der Waals surface area contributed by atoms with Crippen LogP contribution < -0.4 is 5.32 Å². The Labute approximate surface area is 126 Å². The van der Waals surface area contributed by atoms with Crippen LogP contribution in [-0.2, 0) is 4.74 Å². The Hall–Kier alpha value is -2.40. The largest absolute Gasteiger partial charge is 0.462 e. The molecule has 0 amide bonds. The third kappa shape index (κ3) is 3.03. The molecule has 0 bridgehead atoms. The average Bonchev–Trinajstić information content (AvgIpc) is 2.96. The van der Waals surface area contributed by atoms with Crippen molar-refractivity contribution in [1.29, 1.82) is 0 Å². The predicted molar refractivity (Wildman–Crippen MR) is 85.3 cm³/mol. The van der Waals surface area contributed by atoms with Crippen LogP contribution in [0.5, 0.6) is 0 Å². The van der Waals surface area contributed by atoms with E-state index in [1.165, 1.54) is 0 Å². The molecule has 0 aliphatic heterocycles. The highest BCUT2D eigenvalue weighted by Crippen LogP contribution is 2.24. The van der Waals surface area contributed by atoms with Gasteiger partial charge >= 0.3 is 5.97 Å². The van der Waals surface area contributed by atoms with Crippen molar-refractivity contribution in [2.45, 2.75) is 6.92 Å². The molecule has 5 heteroatoms. The molecule has 0 spiro atoms. The van der Waals surface area contributed by atoms with E-state index >= 15 is 0 Å². The third-order valence-electron chi connectivity index (χ3n) is 3.02. The number of nitrogens with zero attached hydrogens (tertiary/aromatic N) is 1. The van der Waals surface area contributed by atoms with Crippen molar-refractivity contribution in [3.63, 3.8) is 0 Å². The van der Waals surface area contributed by atoms with Crippen molar-refractivity contribution >= 4 is 38.9 Å². The number of fused-ring (bicyclic) bond motifs is 1. The van der Waals surface area contributed by atoms with Gasteiger partial charge in [0.2, 0.25) is 0 Å². The molecule has 0 radical (unpaired) electrons. The first-order valence-electron chi connectivity index (χ1n) is 6.64. The molecule has 4 nitrogen and oxygen atoms in total. The smallest absolute Gasteiger partial charge is 0.338 e. The second-order valence-electron chi connectivity index (χ2n) is 4.46. The van der Waals surface area contributed by atoms with Crippen molar-refractivity contribution in [2.24, 2.45) is 0 Å². The zero-order chi connectivity index (χ0) is 14.7. The molecule has 0 saturated carbocycles. The molecular formula is C16H14N2O2S. The normalized spacial score (nSPS) is 10.5. The van der Waals surface area contributed by atoms with Gasteiger partial charge in [-0.15, -0.1) is 11.3 Å². The number of hydrogen-bond donors (Lipinski definition) is 1. The van der Waals surface area contributed by atoms with Crippen molar-refractivity contribution in [3.8, 4) is 0 Å². The van der Waals surface area contributed by atoms with Crippen LogP contribution in [0.15, 0.2) is 48.0 Å². The molecule has 106 valence electrons. The van der Waals surface area contributed by atoms with Crippen molar-refractivity contribution < 1.29 is 9.53 Å². The van der Waals surface area contributed by atoms with Crippen LogP contribution in [-0.4, -0.2) is 17.6 Å². The lowest BCUT2D eigenvalue weighted by molar-refractivity contribution is 0.0526. The van der Waals surface area contributed by atoms with Crippen LogP contribution in [0.3, 0.4) is 0 Å². The van der Waals surface area contributed by atoms with Crippen LogP contribution in [0.1, 0.15) is 17.3 Å². The first kappa shape index (κ1) is 13.6. The van der Waals surface area contributed by atoms with Gasteiger partial charge in [-0.2, -0.15) is 0 Å². The van der Waals surface area contributed by atoms with Gasteiger partial charge in [0.05, 0.1) is 27.9 Å². The highest BCUT2D eigenvalue weighted by molar-refractivity contribution is 7.16. The van der Waals surface area contributed by atoms with Crippen molar-refractivity contribution in [1.82, 2.24) is 4.98 Å². The van der Waals surface area contributed by atoms with Crippen LogP contribution >= 0.6 is 11.3 Å². The van der Waals surface area contributed by atoms with Gasteiger partial charge in [0.1, 0.15) is 0 Å². The predicted octanol–water partition coefficient (Wildman–Crippen LogP) is 4.22. The highest BCUT2D eigenvalue weighted by atomic mass is 32.1. The Morgan fingerprint density at radius 3 is 2.71 bits per heavy atom. The molecule has 0 saturated heterocycles. The Bertz CT molecular complexity index is 765. The molecule has 3 rings (SSSR count). The number of hydrogen-bond acceptors (Lipinski definition) is 5. The topological polar surface area (TPSA) is 51.2 Å². The SMILES string of the molecule is CCOC(=O)c1ccc(Nc2ccc3ncsc3c2)cc1. The van der Waals surface area contributed by atoms with Gasteiger partial charge in [-0.05, 0) is 49.4 Å². The first-order valence-corrected chi connectivity index (χ1v) is 7.51. The zero-order valence-electron chi connectivity index (χ0n) is 11.5. The molecule has 1 aromatic heterocycles. The molecule has 1 N–H and O–H groups in total. The standard InChI is InChI=1S/C16H14N2O2S/c1-2-20-16(19)11-3-5-12(6-4-11)18-13-7-8-14-15(9-13)21-10-17-14/h3-10,18H,2H2,1H3. The minimum absolute atomic E-state index is 0.296. The molecule has 3 aromatic rings. The highest BCUT2D eigenvalue weighted by Gasteiger charge is 2.06. The van der Waals surface area contributed by atoms with Gasteiger partial charge < -0.3 is 10.1 Å². The van der Waals surface area contributed by atoms with E-state index in [4.69, 9.17) is 4.74 Å². The summed E-state index contributed by atoms with van der Waals surface area (Å²) in [7, 11) is 0. The number of aromatic nitrogens is 1. The van der Waals surface area contributed by atoms with E-state index in [0.717, 1.165) is 21.6 Å². The molecule has 2 aromatic carbocycles. The van der Waals surface area contributed by atoms with Gasteiger partial charge in [0, 0.05) is 11.4 Å². The van der Waals surface area contributed by atoms with E-state index in [1.54, 1.807) is 30.4 Å². The number of nitrogens with one attached hydrogen (secondary N) is 1. The number of benzene rings is 2. The summed E-state index contributed by atoms with van der Waals surface area (Å²) in [5.74, 6) is -0.296. The number of ether oxygens (including phenoxy) is 1. The second kappa shape index (κ2) is 5.93.